The van der Waals surface area contributed by atoms with Crippen LogP contribution in [-0.4, -0.2) is 34.9 Å². The Kier molecular flexibility index (Phi) is 5.36. The van der Waals surface area contributed by atoms with E-state index in [1.165, 1.54) is 22.5 Å². The van der Waals surface area contributed by atoms with Crippen LogP contribution < -0.4 is 5.32 Å². The average Bonchev–Trinajstić information content (AvgIpc) is 3.40. The maximum absolute atomic E-state index is 12.5. The smallest absolute Gasteiger partial charge is 0.270 e. The zero-order valence-corrected chi connectivity index (χ0v) is 16.2. The Hall–Kier alpha value is -2.44. The molecule has 3 heterocycles. The van der Waals surface area contributed by atoms with Crippen molar-refractivity contribution < 1.29 is 9.21 Å². The Morgan fingerprint density at radius 3 is 2.93 bits per heavy atom. The first-order chi connectivity index (χ1) is 13.2. The van der Waals surface area contributed by atoms with Crippen LogP contribution in [0.2, 0.25) is 0 Å². The minimum absolute atomic E-state index is 0.125. The van der Waals surface area contributed by atoms with Gasteiger partial charge < -0.3 is 9.73 Å². The van der Waals surface area contributed by atoms with E-state index in [9.17, 15) is 4.79 Å². The van der Waals surface area contributed by atoms with E-state index in [4.69, 9.17) is 4.42 Å². The second-order valence-corrected chi connectivity index (χ2v) is 7.63. The zero-order chi connectivity index (χ0) is 18.6. The highest BCUT2D eigenvalue weighted by Gasteiger charge is 2.23. The molecule has 0 saturated carbocycles. The van der Waals surface area contributed by atoms with Gasteiger partial charge in [-0.3, -0.25) is 9.69 Å². The highest BCUT2D eigenvalue weighted by atomic mass is 32.1. The van der Waals surface area contributed by atoms with E-state index in [1.807, 2.05) is 12.1 Å². The molecule has 4 rings (SSSR count). The molecule has 1 atom stereocenters. The summed E-state index contributed by atoms with van der Waals surface area (Å²) < 4.78 is 5.35. The minimum atomic E-state index is -0.125. The number of furan rings is 1. The Balaban J connectivity index is 1.36. The number of benzene rings is 1. The van der Waals surface area contributed by atoms with Crippen LogP contribution in [0.1, 0.15) is 35.0 Å². The van der Waals surface area contributed by atoms with Gasteiger partial charge in [0.05, 0.1) is 6.26 Å². The van der Waals surface area contributed by atoms with E-state index in [2.05, 4.69) is 46.4 Å². The number of amides is 1. The van der Waals surface area contributed by atoms with Gasteiger partial charge in [-0.25, -0.2) is 4.98 Å². The van der Waals surface area contributed by atoms with E-state index in [0.29, 0.717) is 24.0 Å². The van der Waals surface area contributed by atoms with Gasteiger partial charge in [0, 0.05) is 31.1 Å². The Labute approximate surface area is 163 Å². The number of hydrogen-bond acceptors (Lipinski definition) is 5. The molecule has 2 aromatic heterocycles. The van der Waals surface area contributed by atoms with Crippen LogP contribution in [0.4, 0.5) is 0 Å². The third-order valence-electron chi connectivity index (χ3n) is 5.11. The Morgan fingerprint density at radius 2 is 2.15 bits per heavy atom. The third kappa shape index (κ3) is 3.96. The number of carbonyl (C=O) groups excluding carboxylic acids is 1. The lowest BCUT2D eigenvalue weighted by atomic mass is 9.98. The van der Waals surface area contributed by atoms with Gasteiger partial charge in [0.15, 0.2) is 10.8 Å². The van der Waals surface area contributed by atoms with E-state index in [0.717, 1.165) is 30.9 Å². The standard InChI is InChI=1S/C21H23N3O2S/c1-2-17(24-10-9-15-6-3-4-7-16(15)13-24)12-22-20(25)18-14-27-21(23-18)19-8-5-11-26-19/h3-8,11,14,17H,2,9-10,12-13H2,1H3,(H,22,25). The van der Waals surface area contributed by atoms with Crippen molar-refractivity contribution >= 4 is 17.2 Å². The van der Waals surface area contributed by atoms with Crippen molar-refractivity contribution in [2.75, 3.05) is 13.1 Å². The molecule has 1 unspecified atom stereocenters. The second kappa shape index (κ2) is 8.06. The first kappa shape index (κ1) is 17.9. The molecule has 5 nitrogen and oxygen atoms in total. The topological polar surface area (TPSA) is 58.4 Å². The van der Waals surface area contributed by atoms with Crippen LogP contribution in [0, 0.1) is 0 Å². The SMILES string of the molecule is CCC(CNC(=O)c1csc(-c2ccco2)n1)N1CCc2ccccc2C1. The van der Waals surface area contributed by atoms with E-state index >= 15 is 0 Å². The molecular formula is C21H23N3O2S. The van der Waals surface area contributed by atoms with Crippen molar-refractivity contribution in [3.63, 3.8) is 0 Å². The van der Waals surface area contributed by atoms with Gasteiger partial charge in [-0.2, -0.15) is 0 Å². The van der Waals surface area contributed by atoms with Gasteiger partial charge in [0.25, 0.3) is 5.91 Å². The number of aromatic nitrogens is 1. The number of rotatable bonds is 6. The van der Waals surface area contributed by atoms with Gasteiger partial charge >= 0.3 is 0 Å². The van der Waals surface area contributed by atoms with Crippen LogP contribution >= 0.6 is 11.3 Å². The molecular weight excluding hydrogens is 358 g/mol. The molecule has 1 aliphatic heterocycles. The fourth-order valence-electron chi connectivity index (χ4n) is 3.55. The van der Waals surface area contributed by atoms with Gasteiger partial charge in [-0.15, -0.1) is 11.3 Å². The van der Waals surface area contributed by atoms with Crippen LogP contribution in [0.15, 0.2) is 52.5 Å². The van der Waals surface area contributed by atoms with Crippen molar-refractivity contribution in [3.05, 3.63) is 64.9 Å². The lowest BCUT2D eigenvalue weighted by molar-refractivity contribution is 0.0922. The second-order valence-electron chi connectivity index (χ2n) is 6.78. The highest BCUT2D eigenvalue weighted by molar-refractivity contribution is 7.13. The van der Waals surface area contributed by atoms with Crippen molar-refractivity contribution in [2.24, 2.45) is 0 Å². The zero-order valence-electron chi connectivity index (χ0n) is 15.4. The molecule has 0 fully saturated rings. The van der Waals surface area contributed by atoms with Crippen molar-refractivity contribution in [1.29, 1.82) is 0 Å². The Bertz CT molecular complexity index is 904. The summed E-state index contributed by atoms with van der Waals surface area (Å²) in [7, 11) is 0. The minimum Gasteiger partial charge on any atom is -0.462 e. The molecule has 1 aliphatic rings. The Morgan fingerprint density at radius 1 is 1.30 bits per heavy atom. The lowest BCUT2D eigenvalue weighted by Gasteiger charge is -2.35. The van der Waals surface area contributed by atoms with Gasteiger partial charge in [0.2, 0.25) is 0 Å². The molecule has 1 N–H and O–H groups in total. The maximum atomic E-state index is 12.5. The van der Waals surface area contributed by atoms with Crippen LogP contribution in [0.5, 0.6) is 0 Å². The van der Waals surface area contributed by atoms with Gasteiger partial charge in [0.1, 0.15) is 5.69 Å². The highest BCUT2D eigenvalue weighted by Crippen LogP contribution is 2.24. The predicted octanol–water partition coefficient (Wildman–Crippen LogP) is 3.97. The predicted molar refractivity (Wildman–Crippen MR) is 107 cm³/mol. The first-order valence-corrected chi connectivity index (χ1v) is 10.2. The molecule has 0 spiro atoms. The summed E-state index contributed by atoms with van der Waals surface area (Å²) in [5.74, 6) is 0.567. The monoisotopic (exact) mass is 381 g/mol. The molecule has 0 aliphatic carbocycles. The van der Waals surface area contributed by atoms with Gasteiger partial charge in [-0.05, 0) is 36.1 Å². The molecule has 0 saturated heterocycles. The molecule has 1 aromatic carbocycles. The number of nitrogens with one attached hydrogen (secondary N) is 1. The van der Waals surface area contributed by atoms with E-state index in [1.54, 1.807) is 11.6 Å². The number of nitrogens with zero attached hydrogens (tertiary/aromatic N) is 2. The maximum Gasteiger partial charge on any atom is 0.270 e. The fourth-order valence-corrected chi connectivity index (χ4v) is 4.32. The number of fused-ring (bicyclic) bond motifs is 1. The fraction of sp³-hybridized carbons (Fsp3) is 0.333. The molecule has 140 valence electrons. The first-order valence-electron chi connectivity index (χ1n) is 9.33. The van der Waals surface area contributed by atoms with Gasteiger partial charge in [-0.1, -0.05) is 31.2 Å². The van der Waals surface area contributed by atoms with Crippen molar-refractivity contribution in [2.45, 2.75) is 32.4 Å². The third-order valence-corrected chi connectivity index (χ3v) is 5.97. The van der Waals surface area contributed by atoms with Crippen LogP contribution in [0.3, 0.4) is 0 Å². The molecule has 0 bridgehead atoms. The van der Waals surface area contributed by atoms with Crippen molar-refractivity contribution in [3.8, 4) is 10.8 Å². The van der Waals surface area contributed by atoms with E-state index < -0.39 is 0 Å². The van der Waals surface area contributed by atoms with Crippen molar-refractivity contribution in [1.82, 2.24) is 15.2 Å². The molecule has 27 heavy (non-hydrogen) atoms. The summed E-state index contributed by atoms with van der Waals surface area (Å²) in [5.41, 5.74) is 3.29. The molecule has 3 aromatic rings. The quantitative estimate of drug-likeness (QED) is 0.702. The van der Waals surface area contributed by atoms with Crippen LogP contribution in [-0.2, 0) is 13.0 Å². The molecule has 1 amide bonds. The summed E-state index contributed by atoms with van der Waals surface area (Å²) >= 11 is 1.42. The number of hydrogen-bond donors (Lipinski definition) is 1. The molecule has 0 radical (unpaired) electrons. The largest absolute Gasteiger partial charge is 0.462 e. The summed E-state index contributed by atoms with van der Waals surface area (Å²) in [4.78, 5) is 19.4. The lowest BCUT2D eigenvalue weighted by Crippen LogP contribution is -2.45. The number of thiazole rings is 1. The normalized spacial score (nSPS) is 15.3. The van der Waals surface area contributed by atoms with E-state index in [-0.39, 0.29) is 5.91 Å². The number of carbonyl (C=O) groups is 1. The average molecular weight is 382 g/mol. The summed E-state index contributed by atoms with van der Waals surface area (Å²) in [5, 5.41) is 5.57. The summed E-state index contributed by atoms with van der Waals surface area (Å²) in [6.45, 7) is 4.79. The summed E-state index contributed by atoms with van der Waals surface area (Å²) in [6, 6.07) is 12.6. The molecule has 6 heteroatoms. The van der Waals surface area contributed by atoms with Crippen LogP contribution in [0.25, 0.3) is 10.8 Å². The summed E-state index contributed by atoms with van der Waals surface area (Å²) in [6.07, 6.45) is 3.68.